The van der Waals surface area contributed by atoms with Gasteiger partial charge in [-0.2, -0.15) is 5.26 Å². The molecule has 0 aliphatic carbocycles. The molecule has 1 atom stereocenters. The van der Waals surface area contributed by atoms with Gasteiger partial charge in [-0.25, -0.2) is 0 Å². The Morgan fingerprint density at radius 1 is 1.33 bits per heavy atom. The molecular weight excluding hydrogens is 222 g/mol. The van der Waals surface area contributed by atoms with E-state index < -0.39 is 0 Å². The van der Waals surface area contributed by atoms with Gasteiger partial charge < -0.3 is 4.74 Å². The molecule has 0 radical (unpaired) electrons. The molecule has 1 rings (SSSR count). The summed E-state index contributed by atoms with van der Waals surface area (Å²) in [6.07, 6.45) is 1.64. The molecule has 0 aliphatic rings. The van der Waals surface area contributed by atoms with E-state index in [4.69, 9.17) is 10.00 Å². The molecule has 0 amide bonds. The Bertz CT molecular complexity index is 437. The summed E-state index contributed by atoms with van der Waals surface area (Å²) in [5, 5.41) is 9.09. The van der Waals surface area contributed by atoms with Crippen LogP contribution in [0.15, 0.2) is 18.2 Å². The zero-order valence-electron chi connectivity index (χ0n) is 12.1. The average molecular weight is 245 g/mol. The first kappa shape index (κ1) is 14.6. The van der Waals surface area contributed by atoms with Crippen LogP contribution in [0, 0.1) is 17.2 Å². The lowest BCUT2D eigenvalue weighted by Gasteiger charge is -2.21. The van der Waals surface area contributed by atoms with Crippen LogP contribution in [0.25, 0.3) is 0 Å². The minimum atomic E-state index is 0.0640. The highest BCUT2D eigenvalue weighted by molar-refractivity contribution is 5.40. The zero-order valence-corrected chi connectivity index (χ0v) is 12.1. The Labute approximate surface area is 111 Å². The SMILES string of the molecule is CCC(C#N)Cc1cc(C(C)(C)C)ccc1OC. The van der Waals surface area contributed by atoms with Crippen molar-refractivity contribution in [3.05, 3.63) is 29.3 Å². The van der Waals surface area contributed by atoms with Crippen LogP contribution in [-0.2, 0) is 11.8 Å². The lowest BCUT2D eigenvalue weighted by Crippen LogP contribution is -2.12. The third-order valence-electron chi connectivity index (χ3n) is 3.29. The van der Waals surface area contributed by atoms with Crippen molar-refractivity contribution in [1.82, 2.24) is 0 Å². The number of nitriles is 1. The van der Waals surface area contributed by atoms with E-state index in [1.165, 1.54) is 5.56 Å². The van der Waals surface area contributed by atoms with E-state index in [0.717, 1.165) is 24.2 Å². The quantitative estimate of drug-likeness (QED) is 0.800. The van der Waals surface area contributed by atoms with Gasteiger partial charge in [-0.3, -0.25) is 0 Å². The number of hydrogen-bond donors (Lipinski definition) is 0. The van der Waals surface area contributed by atoms with Crippen LogP contribution in [0.5, 0.6) is 5.75 Å². The van der Waals surface area contributed by atoms with E-state index in [9.17, 15) is 0 Å². The molecule has 2 heteroatoms. The maximum absolute atomic E-state index is 9.09. The molecule has 0 saturated carbocycles. The van der Waals surface area contributed by atoms with Gasteiger partial charge in [0.15, 0.2) is 0 Å². The highest BCUT2D eigenvalue weighted by Crippen LogP contribution is 2.29. The number of ether oxygens (including phenoxy) is 1. The first-order chi connectivity index (χ1) is 8.42. The number of benzene rings is 1. The van der Waals surface area contributed by atoms with E-state index >= 15 is 0 Å². The predicted octanol–water partition coefficient (Wildman–Crippen LogP) is 4.08. The minimum absolute atomic E-state index is 0.0640. The van der Waals surface area contributed by atoms with Crippen LogP contribution in [0.3, 0.4) is 0 Å². The van der Waals surface area contributed by atoms with Crippen molar-refractivity contribution in [2.24, 2.45) is 5.92 Å². The summed E-state index contributed by atoms with van der Waals surface area (Å²) >= 11 is 0. The number of hydrogen-bond acceptors (Lipinski definition) is 2. The molecule has 0 fully saturated rings. The molecule has 0 saturated heterocycles. The van der Waals surface area contributed by atoms with Crippen LogP contribution < -0.4 is 4.74 Å². The Morgan fingerprint density at radius 2 is 2.00 bits per heavy atom. The second-order valence-electron chi connectivity index (χ2n) is 5.72. The van der Waals surface area contributed by atoms with Crippen LogP contribution in [0.4, 0.5) is 0 Å². The summed E-state index contributed by atoms with van der Waals surface area (Å²) in [6.45, 7) is 8.63. The van der Waals surface area contributed by atoms with Gasteiger partial charge in [0.1, 0.15) is 5.75 Å². The molecule has 1 unspecified atom stereocenters. The van der Waals surface area contributed by atoms with Crippen molar-refractivity contribution in [2.75, 3.05) is 7.11 Å². The Kier molecular flexibility index (Phi) is 4.78. The molecule has 0 spiro atoms. The minimum Gasteiger partial charge on any atom is -0.496 e. The lowest BCUT2D eigenvalue weighted by atomic mass is 9.84. The summed E-state index contributed by atoms with van der Waals surface area (Å²) in [5.41, 5.74) is 2.54. The van der Waals surface area contributed by atoms with Crippen molar-refractivity contribution >= 4 is 0 Å². The average Bonchev–Trinajstić information content (AvgIpc) is 2.34. The molecule has 1 aromatic carbocycles. The Morgan fingerprint density at radius 3 is 2.44 bits per heavy atom. The fraction of sp³-hybridized carbons (Fsp3) is 0.562. The summed E-state index contributed by atoms with van der Waals surface area (Å²) in [7, 11) is 1.68. The van der Waals surface area contributed by atoms with Crippen LogP contribution in [0.1, 0.15) is 45.2 Å². The second kappa shape index (κ2) is 5.91. The van der Waals surface area contributed by atoms with Gasteiger partial charge >= 0.3 is 0 Å². The summed E-state index contributed by atoms with van der Waals surface area (Å²) in [6, 6.07) is 8.65. The predicted molar refractivity (Wildman–Crippen MR) is 74.8 cm³/mol. The molecule has 0 aliphatic heterocycles. The highest BCUT2D eigenvalue weighted by Gasteiger charge is 2.17. The molecule has 0 N–H and O–H groups in total. The molecule has 98 valence electrons. The van der Waals surface area contributed by atoms with Gasteiger partial charge in [0.25, 0.3) is 0 Å². The van der Waals surface area contributed by atoms with Crippen molar-refractivity contribution < 1.29 is 4.74 Å². The van der Waals surface area contributed by atoms with Crippen molar-refractivity contribution in [2.45, 2.75) is 46.0 Å². The molecule has 0 aromatic heterocycles. The van der Waals surface area contributed by atoms with Crippen LogP contribution >= 0.6 is 0 Å². The summed E-state index contributed by atoms with van der Waals surface area (Å²) in [5.74, 6) is 0.950. The fourth-order valence-electron chi connectivity index (χ4n) is 1.95. The maximum Gasteiger partial charge on any atom is 0.122 e. The summed E-state index contributed by atoms with van der Waals surface area (Å²) in [4.78, 5) is 0. The molecule has 2 nitrogen and oxygen atoms in total. The molecule has 18 heavy (non-hydrogen) atoms. The highest BCUT2D eigenvalue weighted by atomic mass is 16.5. The van der Waals surface area contributed by atoms with E-state index in [2.05, 4.69) is 39.0 Å². The zero-order chi connectivity index (χ0) is 13.8. The van der Waals surface area contributed by atoms with E-state index in [0.29, 0.717) is 0 Å². The van der Waals surface area contributed by atoms with Crippen molar-refractivity contribution in [3.63, 3.8) is 0 Å². The van der Waals surface area contributed by atoms with E-state index in [-0.39, 0.29) is 11.3 Å². The fourth-order valence-corrected chi connectivity index (χ4v) is 1.95. The monoisotopic (exact) mass is 245 g/mol. The lowest BCUT2D eigenvalue weighted by molar-refractivity contribution is 0.406. The van der Waals surface area contributed by atoms with Gasteiger partial charge in [0.05, 0.1) is 19.1 Å². The van der Waals surface area contributed by atoms with Gasteiger partial charge in [0.2, 0.25) is 0 Å². The van der Waals surface area contributed by atoms with Gasteiger partial charge in [-0.15, -0.1) is 0 Å². The van der Waals surface area contributed by atoms with Gasteiger partial charge in [0, 0.05) is 0 Å². The smallest absolute Gasteiger partial charge is 0.122 e. The van der Waals surface area contributed by atoms with Gasteiger partial charge in [-0.1, -0.05) is 39.8 Å². The number of rotatable bonds is 4. The van der Waals surface area contributed by atoms with E-state index in [1.807, 2.05) is 13.0 Å². The van der Waals surface area contributed by atoms with Crippen molar-refractivity contribution in [3.8, 4) is 11.8 Å². The number of nitrogens with zero attached hydrogens (tertiary/aromatic N) is 1. The standard InChI is InChI=1S/C16H23NO/c1-6-12(11-17)9-13-10-14(16(2,3)4)7-8-15(13)18-5/h7-8,10,12H,6,9H2,1-5H3. The molecule has 0 heterocycles. The first-order valence-corrected chi connectivity index (χ1v) is 6.49. The maximum atomic E-state index is 9.09. The normalized spacial score (nSPS) is 12.9. The first-order valence-electron chi connectivity index (χ1n) is 6.49. The number of methoxy groups -OCH3 is 1. The Balaban J connectivity index is 3.11. The molecule has 1 aromatic rings. The second-order valence-corrected chi connectivity index (χ2v) is 5.72. The third-order valence-corrected chi connectivity index (χ3v) is 3.29. The van der Waals surface area contributed by atoms with Gasteiger partial charge in [-0.05, 0) is 35.4 Å². The van der Waals surface area contributed by atoms with Crippen LogP contribution in [0.2, 0.25) is 0 Å². The van der Waals surface area contributed by atoms with E-state index in [1.54, 1.807) is 7.11 Å². The third kappa shape index (κ3) is 3.50. The van der Waals surface area contributed by atoms with Crippen LogP contribution in [-0.4, -0.2) is 7.11 Å². The molecule has 0 bridgehead atoms. The van der Waals surface area contributed by atoms with Crippen molar-refractivity contribution in [1.29, 1.82) is 5.26 Å². The summed E-state index contributed by atoms with van der Waals surface area (Å²) < 4.78 is 5.39. The molecular formula is C16H23NO. The largest absolute Gasteiger partial charge is 0.496 e. The topological polar surface area (TPSA) is 33.0 Å². The Hall–Kier alpha value is -1.49.